The van der Waals surface area contributed by atoms with Gasteiger partial charge in [-0.1, -0.05) is 48.5 Å². The summed E-state index contributed by atoms with van der Waals surface area (Å²) >= 11 is 0. The van der Waals surface area contributed by atoms with E-state index >= 15 is 0 Å². The average molecular weight is 435 g/mol. The molecule has 1 heterocycles. The summed E-state index contributed by atoms with van der Waals surface area (Å²) in [6.45, 7) is 2.18. The van der Waals surface area contributed by atoms with Crippen molar-refractivity contribution >= 4 is 33.3 Å². The largest absolute Gasteiger partial charge is 0.494 e. The van der Waals surface area contributed by atoms with Crippen LogP contribution < -0.4 is 15.2 Å². The molecule has 3 aromatic carbocycles. The summed E-state index contributed by atoms with van der Waals surface area (Å²) in [5.41, 5.74) is 3.88. The first-order chi connectivity index (χ1) is 14.9. The Bertz CT molecular complexity index is 1280. The summed E-state index contributed by atoms with van der Waals surface area (Å²) in [5.74, 6) is 0.182. The Kier molecular flexibility index (Phi) is 5.63. The van der Waals surface area contributed by atoms with Crippen molar-refractivity contribution in [3.63, 3.8) is 0 Å². The van der Waals surface area contributed by atoms with Gasteiger partial charge in [0.1, 0.15) is 5.75 Å². The number of hydrogen-bond donors (Lipinski definition) is 2. The third-order valence-corrected chi connectivity index (χ3v) is 6.02. The van der Waals surface area contributed by atoms with Gasteiger partial charge in [-0.3, -0.25) is 4.79 Å². The van der Waals surface area contributed by atoms with E-state index in [-0.39, 0.29) is 10.8 Å². The molecule has 0 spiro atoms. The molecule has 0 atom stereocenters. The number of primary sulfonamides is 1. The van der Waals surface area contributed by atoms with Gasteiger partial charge in [0.25, 0.3) is 5.91 Å². The van der Waals surface area contributed by atoms with E-state index < -0.39 is 10.0 Å². The van der Waals surface area contributed by atoms with Crippen molar-refractivity contribution in [1.29, 1.82) is 0 Å². The molecule has 3 N–H and O–H groups in total. The van der Waals surface area contributed by atoms with E-state index in [1.807, 2.05) is 61.5 Å². The van der Waals surface area contributed by atoms with Gasteiger partial charge < -0.3 is 10.1 Å². The lowest BCUT2D eigenvalue weighted by Gasteiger charge is -2.16. The zero-order chi connectivity index (χ0) is 22.0. The van der Waals surface area contributed by atoms with Gasteiger partial charge >= 0.3 is 0 Å². The first kappa shape index (κ1) is 20.8. The van der Waals surface area contributed by atoms with E-state index in [1.165, 1.54) is 6.07 Å². The average Bonchev–Trinajstić information content (AvgIpc) is 3.05. The highest BCUT2D eigenvalue weighted by Crippen LogP contribution is 2.35. The number of nitrogens with one attached hydrogen (secondary N) is 1. The third-order valence-electron chi connectivity index (χ3n) is 5.04. The van der Waals surface area contributed by atoms with Gasteiger partial charge in [-0.2, -0.15) is 0 Å². The molecule has 0 saturated carbocycles. The zero-order valence-electron chi connectivity index (χ0n) is 17.0. The molecule has 1 amide bonds. The van der Waals surface area contributed by atoms with Crippen LogP contribution in [0.2, 0.25) is 0 Å². The number of para-hydroxylation sites is 1. The van der Waals surface area contributed by atoms with Crippen molar-refractivity contribution < 1.29 is 17.9 Å². The number of hydrogen-bond acceptors (Lipinski definition) is 4. The molecule has 4 rings (SSSR count). The summed E-state index contributed by atoms with van der Waals surface area (Å²) in [4.78, 5) is 12.5. The second-order valence-corrected chi connectivity index (χ2v) is 8.72. The first-order valence-electron chi connectivity index (χ1n) is 9.85. The Morgan fingerprint density at radius 3 is 2.45 bits per heavy atom. The molecule has 158 valence electrons. The molecule has 0 saturated heterocycles. The fourth-order valence-corrected chi connectivity index (χ4v) is 4.50. The van der Waals surface area contributed by atoms with Crippen LogP contribution in [0.25, 0.3) is 11.6 Å². The van der Waals surface area contributed by atoms with Crippen molar-refractivity contribution in [2.45, 2.75) is 18.2 Å². The van der Waals surface area contributed by atoms with Crippen molar-refractivity contribution in [3.8, 4) is 5.75 Å². The van der Waals surface area contributed by atoms with E-state index in [2.05, 4.69) is 5.32 Å². The van der Waals surface area contributed by atoms with Crippen molar-refractivity contribution in [1.82, 2.24) is 0 Å². The number of rotatable bonds is 6. The van der Waals surface area contributed by atoms with E-state index in [0.717, 1.165) is 16.8 Å². The number of sulfonamides is 1. The molecule has 0 aliphatic carbocycles. The summed E-state index contributed by atoms with van der Waals surface area (Å²) in [5, 5.41) is 8.39. The van der Waals surface area contributed by atoms with Gasteiger partial charge in [0.05, 0.1) is 11.5 Å². The Morgan fingerprint density at radius 1 is 1.03 bits per heavy atom. The van der Waals surface area contributed by atoms with Crippen LogP contribution in [0, 0.1) is 0 Å². The quantitative estimate of drug-likeness (QED) is 0.576. The number of carbonyl (C=O) groups excluding carboxylic acids is 1. The van der Waals surface area contributed by atoms with Gasteiger partial charge in [0, 0.05) is 28.8 Å². The maximum absolute atomic E-state index is 12.5. The molecule has 0 aromatic heterocycles. The Morgan fingerprint density at radius 2 is 1.74 bits per heavy atom. The van der Waals surface area contributed by atoms with Crippen LogP contribution in [0.3, 0.4) is 0 Å². The van der Waals surface area contributed by atoms with Gasteiger partial charge in [-0.05, 0) is 42.3 Å². The minimum atomic E-state index is -4.03. The molecule has 0 unspecified atom stereocenters. The van der Waals surface area contributed by atoms with Crippen LogP contribution in [0.5, 0.6) is 5.75 Å². The molecule has 1 aliphatic rings. The van der Waals surface area contributed by atoms with E-state index in [4.69, 9.17) is 9.88 Å². The van der Waals surface area contributed by atoms with Crippen molar-refractivity contribution in [2.24, 2.45) is 5.14 Å². The smallest absolute Gasteiger partial charge is 0.256 e. The van der Waals surface area contributed by atoms with Gasteiger partial charge in [0.15, 0.2) is 0 Å². The second kappa shape index (κ2) is 8.37. The number of benzene rings is 3. The number of nitrogens with two attached hydrogens (primary N) is 1. The minimum Gasteiger partial charge on any atom is -0.494 e. The molecular weight excluding hydrogens is 412 g/mol. The van der Waals surface area contributed by atoms with E-state index in [0.29, 0.717) is 35.5 Å². The standard InChI is InChI=1S/C24H22N2O4S/c1-2-30-22-14-17(13-19-18-10-6-7-11-21(18)26-24(19)27)15-23(31(25,28)29)20(22)12-16-8-4-3-5-9-16/h3-11,13-15H,2,12H2,1H3,(H,26,27)(H2,25,28,29). The lowest BCUT2D eigenvalue weighted by Crippen LogP contribution is -2.16. The van der Waals surface area contributed by atoms with Crippen LogP contribution in [-0.4, -0.2) is 20.9 Å². The fraction of sp³-hybridized carbons (Fsp3) is 0.125. The highest BCUT2D eigenvalue weighted by molar-refractivity contribution is 7.89. The van der Waals surface area contributed by atoms with E-state index in [9.17, 15) is 13.2 Å². The summed E-state index contributed by atoms with van der Waals surface area (Å²) in [6.07, 6.45) is 2.01. The van der Waals surface area contributed by atoms with E-state index in [1.54, 1.807) is 12.1 Å². The molecule has 0 fully saturated rings. The highest BCUT2D eigenvalue weighted by Gasteiger charge is 2.25. The van der Waals surface area contributed by atoms with Gasteiger partial charge in [-0.25, -0.2) is 13.6 Å². The zero-order valence-corrected chi connectivity index (χ0v) is 17.8. The normalized spacial score (nSPS) is 14.4. The Labute approximate surface area is 181 Å². The molecular formula is C24H22N2O4S. The van der Waals surface area contributed by atoms with Crippen molar-refractivity contribution in [3.05, 3.63) is 89.0 Å². The maximum atomic E-state index is 12.5. The lowest BCUT2D eigenvalue weighted by atomic mass is 9.99. The maximum Gasteiger partial charge on any atom is 0.256 e. The Hall–Kier alpha value is -3.42. The summed E-state index contributed by atoms with van der Waals surface area (Å²) in [6, 6.07) is 20.1. The predicted molar refractivity (Wildman–Crippen MR) is 121 cm³/mol. The SMILES string of the molecule is CCOc1cc(C=C2C(=O)Nc3ccccc32)cc(S(N)(=O)=O)c1Cc1ccccc1. The van der Waals surface area contributed by atoms with Crippen LogP contribution in [0.1, 0.15) is 29.2 Å². The fourth-order valence-electron chi connectivity index (χ4n) is 3.68. The number of ether oxygens (including phenoxy) is 1. The molecule has 6 nitrogen and oxygen atoms in total. The monoisotopic (exact) mass is 434 g/mol. The van der Waals surface area contributed by atoms with Crippen molar-refractivity contribution in [2.75, 3.05) is 11.9 Å². The third kappa shape index (κ3) is 4.38. The number of amides is 1. The second-order valence-electron chi connectivity index (χ2n) is 7.19. The van der Waals surface area contributed by atoms with Gasteiger partial charge in [-0.15, -0.1) is 0 Å². The summed E-state index contributed by atoms with van der Waals surface area (Å²) < 4.78 is 30.7. The number of carbonyl (C=O) groups is 1. The molecule has 3 aromatic rings. The Balaban J connectivity index is 1.88. The summed E-state index contributed by atoms with van der Waals surface area (Å²) in [7, 11) is -4.03. The molecule has 0 radical (unpaired) electrons. The molecule has 31 heavy (non-hydrogen) atoms. The van der Waals surface area contributed by atoms with Crippen LogP contribution in [-0.2, 0) is 21.2 Å². The highest BCUT2D eigenvalue weighted by atomic mass is 32.2. The first-order valence-corrected chi connectivity index (χ1v) is 11.4. The topological polar surface area (TPSA) is 98.5 Å². The molecule has 7 heteroatoms. The lowest BCUT2D eigenvalue weighted by molar-refractivity contribution is -0.110. The van der Waals surface area contributed by atoms with Gasteiger partial charge in [0.2, 0.25) is 10.0 Å². The van der Waals surface area contributed by atoms with Crippen LogP contribution >= 0.6 is 0 Å². The molecule has 1 aliphatic heterocycles. The minimum absolute atomic E-state index is 0.0131. The van der Waals surface area contributed by atoms with Crippen LogP contribution in [0.4, 0.5) is 5.69 Å². The molecule has 0 bridgehead atoms. The number of fused-ring (bicyclic) bond motifs is 1. The predicted octanol–water partition coefficient (Wildman–Crippen LogP) is 3.82. The number of anilines is 1. The van der Waals surface area contributed by atoms with Crippen LogP contribution in [0.15, 0.2) is 71.6 Å².